The number of nitrogens with one attached hydrogen (secondary N) is 2. The predicted molar refractivity (Wildman–Crippen MR) is 131 cm³/mol. The molecule has 1 atom stereocenters. The summed E-state index contributed by atoms with van der Waals surface area (Å²) >= 11 is 0. The summed E-state index contributed by atoms with van der Waals surface area (Å²) in [6, 6.07) is 22.9. The van der Waals surface area contributed by atoms with Crippen LogP contribution in [-0.4, -0.2) is 59.9 Å². The van der Waals surface area contributed by atoms with Gasteiger partial charge in [0.15, 0.2) is 0 Å². The molecule has 0 spiro atoms. The summed E-state index contributed by atoms with van der Waals surface area (Å²) in [5.74, 6) is -0.867. The Hall–Kier alpha value is -4.20. The summed E-state index contributed by atoms with van der Waals surface area (Å²) in [6.07, 6.45) is 0.365. The molecule has 4 amide bonds. The standard InChI is InChI=1S/C27H27FN4O3/c28-22-11-13-23(14-12-22)29-27(35)32-17-15-31(16-18-32)26(34)24(19-20-7-3-1-4-8-20)30-25(33)21-9-5-2-6-10-21/h1-14,24H,15-19H2,(H,29,35)(H,30,33). The molecule has 7 nitrogen and oxygen atoms in total. The summed E-state index contributed by atoms with van der Waals surface area (Å²) < 4.78 is 13.1. The molecule has 3 aromatic rings. The minimum absolute atomic E-state index is 0.184. The van der Waals surface area contributed by atoms with E-state index in [-0.39, 0.29) is 23.7 Å². The van der Waals surface area contributed by atoms with Crippen LogP contribution in [-0.2, 0) is 11.2 Å². The zero-order valence-electron chi connectivity index (χ0n) is 19.2. The van der Waals surface area contributed by atoms with E-state index in [1.165, 1.54) is 24.3 Å². The van der Waals surface area contributed by atoms with Crippen LogP contribution < -0.4 is 10.6 Å². The number of hydrogen-bond acceptors (Lipinski definition) is 3. The highest BCUT2D eigenvalue weighted by molar-refractivity contribution is 5.97. The van der Waals surface area contributed by atoms with Crippen molar-refractivity contribution in [2.24, 2.45) is 0 Å². The van der Waals surface area contributed by atoms with Gasteiger partial charge in [-0.2, -0.15) is 0 Å². The van der Waals surface area contributed by atoms with Crippen molar-refractivity contribution in [3.8, 4) is 0 Å². The molecule has 1 fully saturated rings. The maximum Gasteiger partial charge on any atom is 0.321 e. The molecule has 0 bridgehead atoms. The topological polar surface area (TPSA) is 81.8 Å². The van der Waals surface area contributed by atoms with E-state index >= 15 is 0 Å². The average Bonchev–Trinajstić information content (AvgIpc) is 2.90. The minimum Gasteiger partial charge on any atom is -0.340 e. The number of carbonyl (C=O) groups excluding carboxylic acids is 3. The second kappa shape index (κ2) is 11.3. The van der Waals surface area contributed by atoms with E-state index in [4.69, 9.17) is 0 Å². The van der Waals surface area contributed by atoms with Gasteiger partial charge in [-0.25, -0.2) is 9.18 Å². The number of rotatable bonds is 6. The average molecular weight is 475 g/mol. The van der Waals surface area contributed by atoms with E-state index in [1.54, 1.807) is 34.1 Å². The smallest absolute Gasteiger partial charge is 0.321 e. The molecule has 1 aliphatic rings. The van der Waals surface area contributed by atoms with Crippen molar-refractivity contribution in [1.29, 1.82) is 0 Å². The third kappa shape index (κ3) is 6.44. The number of piperazine rings is 1. The summed E-state index contributed by atoms with van der Waals surface area (Å²) in [5.41, 5.74) is 1.93. The molecule has 4 rings (SSSR count). The molecule has 0 aliphatic carbocycles. The van der Waals surface area contributed by atoms with Crippen molar-refractivity contribution in [1.82, 2.24) is 15.1 Å². The van der Waals surface area contributed by atoms with Gasteiger partial charge in [-0.1, -0.05) is 48.5 Å². The van der Waals surface area contributed by atoms with E-state index in [1.807, 2.05) is 36.4 Å². The predicted octanol–water partition coefficient (Wildman–Crippen LogP) is 3.54. The molecular formula is C27H27FN4O3. The Morgan fingerprint density at radius 2 is 1.34 bits per heavy atom. The van der Waals surface area contributed by atoms with E-state index in [9.17, 15) is 18.8 Å². The monoisotopic (exact) mass is 474 g/mol. The van der Waals surface area contributed by atoms with Gasteiger partial charge in [-0.05, 0) is 42.0 Å². The molecule has 1 aliphatic heterocycles. The van der Waals surface area contributed by atoms with Crippen LogP contribution in [0.3, 0.4) is 0 Å². The van der Waals surface area contributed by atoms with Crippen molar-refractivity contribution in [2.45, 2.75) is 12.5 Å². The Kier molecular flexibility index (Phi) is 7.72. The normalized spacial score (nSPS) is 14.2. The molecule has 0 saturated carbocycles. The van der Waals surface area contributed by atoms with Gasteiger partial charge < -0.3 is 20.4 Å². The fourth-order valence-electron chi connectivity index (χ4n) is 3.97. The van der Waals surface area contributed by atoms with Gasteiger partial charge in [0.1, 0.15) is 11.9 Å². The molecule has 0 radical (unpaired) electrons. The number of urea groups is 1. The molecule has 1 saturated heterocycles. The molecule has 3 aromatic carbocycles. The largest absolute Gasteiger partial charge is 0.340 e. The highest BCUT2D eigenvalue weighted by Crippen LogP contribution is 2.13. The Morgan fingerprint density at radius 1 is 0.771 bits per heavy atom. The first-order chi connectivity index (χ1) is 17.0. The van der Waals surface area contributed by atoms with Gasteiger partial charge in [0.2, 0.25) is 5.91 Å². The molecule has 35 heavy (non-hydrogen) atoms. The van der Waals surface area contributed by atoms with E-state index in [0.717, 1.165) is 5.56 Å². The van der Waals surface area contributed by atoms with Crippen LogP contribution in [0.5, 0.6) is 0 Å². The molecule has 8 heteroatoms. The quantitative estimate of drug-likeness (QED) is 0.573. The van der Waals surface area contributed by atoms with Gasteiger partial charge in [0.25, 0.3) is 5.91 Å². The highest BCUT2D eigenvalue weighted by Gasteiger charge is 2.30. The summed E-state index contributed by atoms with van der Waals surface area (Å²) in [4.78, 5) is 42.1. The van der Waals surface area contributed by atoms with Gasteiger partial charge >= 0.3 is 6.03 Å². The highest BCUT2D eigenvalue weighted by atomic mass is 19.1. The first-order valence-corrected chi connectivity index (χ1v) is 11.5. The van der Waals surface area contributed by atoms with Gasteiger partial charge in [0, 0.05) is 43.9 Å². The number of nitrogens with zero attached hydrogens (tertiary/aromatic N) is 2. The summed E-state index contributed by atoms with van der Waals surface area (Å²) in [5, 5.41) is 5.64. The Labute approximate surface area is 203 Å². The molecular weight excluding hydrogens is 447 g/mol. The zero-order valence-corrected chi connectivity index (χ0v) is 19.2. The fraction of sp³-hybridized carbons (Fsp3) is 0.222. The van der Waals surface area contributed by atoms with Crippen LogP contribution in [0.2, 0.25) is 0 Å². The number of hydrogen-bond donors (Lipinski definition) is 2. The summed E-state index contributed by atoms with van der Waals surface area (Å²) in [7, 11) is 0. The Balaban J connectivity index is 1.39. The van der Waals surface area contributed by atoms with Gasteiger partial charge in [-0.15, -0.1) is 0 Å². The van der Waals surface area contributed by atoms with Crippen LogP contribution >= 0.6 is 0 Å². The maximum absolute atomic E-state index is 13.4. The lowest BCUT2D eigenvalue weighted by Gasteiger charge is -2.36. The van der Waals surface area contributed by atoms with Gasteiger partial charge in [0.05, 0.1) is 0 Å². The SMILES string of the molecule is O=C(NC(Cc1ccccc1)C(=O)N1CCN(C(=O)Nc2ccc(F)cc2)CC1)c1ccccc1. The van der Waals surface area contributed by atoms with Crippen LogP contribution in [0.15, 0.2) is 84.9 Å². The van der Waals surface area contributed by atoms with Crippen molar-refractivity contribution in [3.05, 3.63) is 102 Å². The number of anilines is 1. The first-order valence-electron chi connectivity index (χ1n) is 11.5. The van der Waals surface area contributed by atoms with Crippen LogP contribution in [0.4, 0.5) is 14.9 Å². The molecule has 0 aromatic heterocycles. The summed E-state index contributed by atoms with van der Waals surface area (Å²) in [6.45, 7) is 1.40. The number of carbonyl (C=O) groups is 3. The fourth-order valence-corrected chi connectivity index (χ4v) is 3.97. The van der Waals surface area contributed by atoms with E-state index < -0.39 is 6.04 Å². The number of benzene rings is 3. The van der Waals surface area contributed by atoms with Crippen molar-refractivity contribution in [2.75, 3.05) is 31.5 Å². The van der Waals surface area contributed by atoms with Crippen molar-refractivity contribution >= 4 is 23.5 Å². The molecule has 1 heterocycles. The number of halogens is 1. The molecule has 1 unspecified atom stereocenters. The zero-order chi connectivity index (χ0) is 24.6. The lowest BCUT2D eigenvalue weighted by atomic mass is 10.0. The molecule has 2 N–H and O–H groups in total. The third-order valence-electron chi connectivity index (χ3n) is 5.90. The second-order valence-corrected chi connectivity index (χ2v) is 8.33. The van der Waals surface area contributed by atoms with Crippen LogP contribution in [0, 0.1) is 5.82 Å². The first kappa shape index (κ1) is 23.9. The van der Waals surface area contributed by atoms with Crippen molar-refractivity contribution in [3.63, 3.8) is 0 Å². The van der Waals surface area contributed by atoms with Crippen molar-refractivity contribution < 1.29 is 18.8 Å². The van der Waals surface area contributed by atoms with Gasteiger partial charge in [-0.3, -0.25) is 9.59 Å². The lowest BCUT2D eigenvalue weighted by molar-refractivity contribution is -0.134. The van der Waals surface area contributed by atoms with E-state index in [2.05, 4.69) is 10.6 Å². The van der Waals surface area contributed by atoms with Crippen LogP contribution in [0.25, 0.3) is 0 Å². The minimum atomic E-state index is -0.732. The van der Waals surface area contributed by atoms with E-state index in [0.29, 0.717) is 43.9 Å². The maximum atomic E-state index is 13.4. The van der Waals surface area contributed by atoms with Crippen LogP contribution in [0.1, 0.15) is 15.9 Å². The molecule has 180 valence electrons. The second-order valence-electron chi connectivity index (χ2n) is 8.33. The lowest BCUT2D eigenvalue weighted by Crippen LogP contribution is -2.56. The number of amides is 4. The Bertz CT molecular complexity index is 1150. The third-order valence-corrected chi connectivity index (χ3v) is 5.90. The Morgan fingerprint density at radius 3 is 1.97 bits per heavy atom.